The number of carbonyl (C=O) groups is 2. The topological polar surface area (TPSA) is 75.4 Å². The lowest BCUT2D eigenvalue weighted by Gasteiger charge is -2.33. The Kier molecular flexibility index (Phi) is 4.51. The lowest BCUT2D eigenvalue weighted by atomic mass is 9.97. The van der Waals surface area contributed by atoms with Gasteiger partial charge in [-0.15, -0.1) is 0 Å². The van der Waals surface area contributed by atoms with Crippen LogP contribution in [-0.4, -0.2) is 41.4 Å². The van der Waals surface area contributed by atoms with Crippen LogP contribution in [0, 0.1) is 0 Å². The van der Waals surface area contributed by atoms with Gasteiger partial charge in [-0.05, 0) is 26.2 Å². The van der Waals surface area contributed by atoms with E-state index in [-0.39, 0.29) is 17.9 Å². The molecule has 1 heterocycles. The summed E-state index contributed by atoms with van der Waals surface area (Å²) in [6, 6.07) is 0.146. The molecular formula is C12H23N3O2. The molecule has 98 valence electrons. The van der Waals surface area contributed by atoms with Crippen molar-refractivity contribution in [2.75, 3.05) is 13.1 Å². The van der Waals surface area contributed by atoms with E-state index in [1.165, 1.54) is 0 Å². The maximum atomic E-state index is 11.9. The van der Waals surface area contributed by atoms with Gasteiger partial charge in [0.1, 0.15) is 0 Å². The third kappa shape index (κ3) is 3.70. The number of piperidine rings is 1. The van der Waals surface area contributed by atoms with E-state index in [9.17, 15) is 9.59 Å². The molecule has 3 N–H and O–H groups in total. The first kappa shape index (κ1) is 14.0. The van der Waals surface area contributed by atoms with E-state index < -0.39 is 5.54 Å². The minimum atomic E-state index is -0.794. The van der Waals surface area contributed by atoms with E-state index in [0.717, 1.165) is 12.8 Å². The molecule has 0 spiro atoms. The second-order valence-corrected chi connectivity index (χ2v) is 5.02. The largest absolute Gasteiger partial charge is 0.352 e. The van der Waals surface area contributed by atoms with Crippen LogP contribution in [0.25, 0.3) is 0 Å². The molecule has 1 saturated heterocycles. The number of amides is 2. The molecule has 17 heavy (non-hydrogen) atoms. The van der Waals surface area contributed by atoms with Crippen LogP contribution in [-0.2, 0) is 9.59 Å². The van der Waals surface area contributed by atoms with Gasteiger partial charge in [-0.3, -0.25) is 9.59 Å². The Hall–Kier alpha value is -1.10. The first-order chi connectivity index (χ1) is 7.86. The number of carbonyl (C=O) groups excluding carboxylic acids is 2. The zero-order chi connectivity index (χ0) is 13.1. The molecule has 1 aliphatic rings. The van der Waals surface area contributed by atoms with Crippen molar-refractivity contribution in [1.82, 2.24) is 10.2 Å². The van der Waals surface area contributed by atoms with Gasteiger partial charge in [0.15, 0.2) is 0 Å². The van der Waals surface area contributed by atoms with E-state index >= 15 is 0 Å². The van der Waals surface area contributed by atoms with Gasteiger partial charge >= 0.3 is 0 Å². The lowest BCUT2D eigenvalue weighted by Crippen LogP contribution is -2.55. The van der Waals surface area contributed by atoms with Crippen molar-refractivity contribution in [1.29, 1.82) is 0 Å². The summed E-state index contributed by atoms with van der Waals surface area (Å²) in [6.07, 6.45) is 2.24. The predicted molar refractivity (Wildman–Crippen MR) is 66.3 cm³/mol. The zero-order valence-corrected chi connectivity index (χ0v) is 11.0. The fraction of sp³-hybridized carbons (Fsp3) is 0.833. The monoisotopic (exact) mass is 241 g/mol. The Morgan fingerprint density at radius 3 is 2.35 bits per heavy atom. The second kappa shape index (κ2) is 5.49. The number of likely N-dealkylation sites (tertiary alicyclic amines) is 1. The Bertz CT molecular complexity index is 294. The van der Waals surface area contributed by atoms with Crippen LogP contribution in [0.3, 0.4) is 0 Å². The van der Waals surface area contributed by atoms with Crippen molar-refractivity contribution in [2.45, 2.75) is 51.6 Å². The quantitative estimate of drug-likeness (QED) is 0.743. The van der Waals surface area contributed by atoms with E-state index in [1.807, 2.05) is 11.8 Å². The van der Waals surface area contributed by atoms with Crippen LogP contribution in [0.5, 0.6) is 0 Å². The number of nitrogens with zero attached hydrogens (tertiary/aromatic N) is 1. The van der Waals surface area contributed by atoms with Crippen molar-refractivity contribution in [3.63, 3.8) is 0 Å². The molecule has 0 saturated carbocycles. The molecule has 0 aromatic heterocycles. The highest BCUT2D eigenvalue weighted by atomic mass is 16.2. The summed E-state index contributed by atoms with van der Waals surface area (Å²) in [7, 11) is 0. The highest BCUT2D eigenvalue weighted by Crippen LogP contribution is 2.12. The Morgan fingerprint density at radius 2 is 1.94 bits per heavy atom. The summed E-state index contributed by atoms with van der Waals surface area (Å²) in [6.45, 7) is 6.65. The molecule has 1 fully saturated rings. The molecule has 0 aromatic rings. The predicted octanol–water partition coefficient (Wildman–Crippen LogP) is 0.241. The summed E-state index contributed by atoms with van der Waals surface area (Å²) in [5, 5.41) is 2.97. The van der Waals surface area contributed by atoms with Crippen LogP contribution in [0.4, 0.5) is 0 Å². The van der Waals surface area contributed by atoms with Gasteiger partial charge in [0, 0.05) is 26.1 Å². The van der Waals surface area contributed by atoms with Gasteiger partial charge in [0.2, 0.25) is 11.8 Å². The highest BCUT2D eigenvalue weighted by Gasteiger charge is 2.29. The Labute approximate surface area is 103 Å². The minimum Gasteiger partial charge on any atom is -0.352 e. The first-order valence-corrected chi connectivity index (χ1v) is 6.22. The zero-order valence-electron chi connectivity index (χ0n) is 11.0. The summed E-state index contributed by atoms with van der Waals surface area (Å²) in [4.78, 5) is 24.8. The van der Waals surface area contributed by atoms with Crippen LogP contribution >= 0.6 is 0 Å². The average molecular weight is 241 g/mol. The fourth-order valence-corrected chi connectivity index (χ4v) is 1.85. The van der Waals surface area contributed by atoms with Crippen LogP contribution in [0.2, 0.25) is 0 Å². The van der Waals surface area contributed by atoms with E-state index in [4.69, 9.17) is 5.73 Å². The van der Waals surface area contributed by atoms with Crippen molar-refractivity contribution < 1.29 is 9.59 Å². The molecule has 1 unspecified atom stereocenters. The van der Waals surface area contributed by atoms with Gasteiger partial charge in [-0.1, -0.05) is 6.92 Å². The standard InChI is InChI=1S/C12H23N3O2/c1-4-12(3,13)11(17)14-10-5-7-15(8-6-10)9(2)16/h10H,4-8,13H2,1-3H3,(H,14,17). The summed E-state index contributed by atoms with van der Waals surface area (Å²) >= 11 is 0. The van der Waals surface area contributed by atoms with Gasteiger partial charge in [0.05, 0.1) is 5.54 Å². The van der Waals surface area contributed by atoms with Crippen LogP contribution < -0.4 is 11.1 Å². The molecule has 2 amide bonds. The maximum Gasteiger partial charge on any atom is 0.240 e. The number of rotatable bonds is 3. The Balaban J connectivity index is 2.41. The molecule has 0 aliphatic carbocycles. The van der Waals surface area contributed by atoms with Crippen molar-refractivity contribution >= 4 is 11.8 Å². The van der Waals surface area contributed by atoms with E-state index in [2.05, 4.69) is 5.32 Å². The molecule has 0 bridgehead atoms. The average Bonchev–Trinajstić information content (AvgIpc) is 2.29. The first-order valence-electron chi connectivity index (χ1n) is 6.22. The molecule has 1 aliphatic heterocycles. The second-order valence-electron chi connectivity index (χ2n) is 5.02. The van der Waals surface area contributed by atoms with Crippen LogP contribution in [0.1, 0.15) is 40.0 Å². The molecule has 0 aromatic carbocycles. The molecule has 5 heteroatoms. The third-order valence-electron chi connectivity index (χ3n) is 3.53. The highest BCUT2D eigenvalue weighted by molar-refractivity contribution is 5.85. The maximum absolute atomic E-state index is 11.9. The lowest BCUT2D eigenvalue weighted by molar-refractivity contribution is -0.130. The molecule has 0 radical (unpaired) electrons. The van der Waals surface area contributed by atoms with Gasteiger partial charge in [-0.25, -0.2) is 0 Å². The minimum absolute atomic E-state index is 0.0960. The summed E-state index contributed by atoms with van der Waals surface area (Å²) < 4.78 is 0. The number of hydrogen-bond acceptors (Lipinski definition) is 3. The van der Waals surface area contributed by atoms with Crippen molar-refractivity contribution in [2.24, 2.45) is 5.73 Å². The summed E-state index contributed by atoms with van der Waals surface area (Å²) in [5.74, 6) is 0.00766. The van der Waals surface area contributed by atoms with E-state index in [1.54, 1.807) is 13.8 Å². The number of hydrogen-bond donors (Lipinski definition) is 2. The van der Waals surface area contributed by atoms with Crippen molar-refractivity contribution in [3.8, 4) is 0 Å². The fourth-order valence-electron chi connectivity index (χ4n) is 1.85. The molecule has 5 nitrogen and oxygen atoms in total. The summed E-state index contributed by atoms with van der Waals surface area (Å²) in [5.41, 5.74) is 5.08. The molecular weight excluding hydrogens is 218 g/mol. The van der Waals surface area contributed by atoms with Crippen molar-refractivity contribution in [3.05, 3.63) is 0 Å². The molecule has 1 atom stereocenters. The number of nitrogens with two attached hydrogens (primary N) is 1. The smallest absolute Gasteiger partial charge is 0.240 e. The van der Waals surface area contributed by atoms with Gasteiger partial charge in [0.25, 0.3) is 0 Å². The number of nitrogens with one attached hydrogen (secondary N) is 1. The SMILES string of the molecule is CCC(C)(N)C(=O)NC1CCN(C(C)=O)CC1. The Morgan fingerprint density at radius 1 is 1.41 bits per heavy atom. The van der Waals surface area contributed by atoms with Gasteiger partial charge < -0.3 is 16.0 Å². The third-order valence-corrected chi connectivity index (χ3v) is 3.53. The normalized spacial score (nSPS) is 20.8. The molecule has 1 rings (SSSR count). The van der Waals surface area contributed by atoms with Crippen LogP contribution in [0.15, 0.2) is 0 Å². The van der Waals surface area contributed by atoms with Gasteiger partial charge in [-0.2, -0.15) is 0 Å². The van der Waals surface area contributed by atoms with E-state index in [0.29, 0.717) is 19.5 Å².